The SMILES string of the molecule is COc1cc(/C=C(\C#N)C(=O)Nc2ccc(F)c(Cl)c2)ccc1OC(=O)C1CC1. The van der Waals surface area contributed by atoms with E-state index in [4.69, 9.17) is 21.1 Å². The number of methoxy groups -OCH3 is 1. The monoisotopic (exact) mass is 414 g/mol. The molecule has 0 aromatic heterocycles. The summed E-state index contributed by atoms with van der Waals surface area (Å²) in [6, 6.07) is 10.2. The molecule has 0 atom stereocenters. The molecule has 6 nitrogen and oxygen atoms in total. The largest absolute Gasteiger partial charge is 0.493 e. The zero-order valence-corrected chi connectivity index (χ0v) is 16.1. The average molecular weight is 415 g/mol. The highest BCUT2D eigenvalue weighted by molar-refractivity contribution is 6.31. The number of hydrogen-bond acceptors (Lipinski definition) is 5. The molecule has 2 aromatic rings. The van der Waals surface area contributed by atoms with Gasteiger partial charge in [-0.1, -0.05) is 17.7 Å². The Hall–Kier alpha value is -3.37. The van der Waals surface area contributed by atoms with E-state index in [2.05, 4.69) is 5.32 Å². The van der Waals surface area contributed by atoms with Crippen LogP contribution in [-0.4, -0.2) is 19.0 Å². The molecule has 29 heavy (non-hydrogen) atoms. The number of nitrogens with zero attached hydrogens (tertiary/aromatic N) is 1. The first kappa shape index (κ1) is 20.4. The first-order valence-electron chi connectivity index (χ1n) is 8.69. The number of amides is 1. The Morgan fingerprint density at radius 1 is 1.24 bits per heavy atom. The van der Waals surface area contributed by atoms with Crippen LogP contribution in [0.25, 0.3) is 6.08 Å². The Morgan fingerprint density at radius 2 is 2.00 bits per heavy atom. The maximum atomic E-state index is 13.2. The maximum absolute atomic E-state index is 13.2. The van der Waals surface area contributed by atoms with Gasteiger partial charge in [0, 0.05) is 5.69 Å². The van der Waals surface area contributed by atoms with Gasteiger partial charge in [0.25, 0.3) is 5.91 Å². The van der Waals surface area contributed by atoms with E-state index in [1.807, 2.05) is 6.07 Å². The lowest BCUT2D eigenvalue weighted by Gasteiger charge is -2.10. The van der Waals surface area contributed by atoms with Gasteiger partial charge < -0.3 is 14.8 Å². The van der Waals surface area contributed by atoms with Crippen molar-refractivity contribution >= 4 is 35.2 Å². The fourth-order valence-corrected chi connectivity index (χ4v) is 2.64. The zero-order valence-electron chi connectivity index (χ0n) is 15.4. The summed E-state index contributed by atoms with van der Waals surface area (Å²) in [6.45, 7) is 0. The molecule has 0 heterocycles. The van der Waals surface area contributed by atoms with Crippen molar-refractivity contribution in [3.8, 4) is 17.6 Å². The van der Waals surface area contributed by atoms with Crippen molar-refractivity contribution in [3.05, 3.63) is 58.4 Å². The smallest absolute Gasteiger partial charge is 0.314 e. The Balaban J connectivity index is 1.78. The van der Waals surface area contributed by atoms with E-state index in [0.717, 1.165) is 18.9 Å². The predicted molar refractivity (Wildman–Crippen MR) is 105 cm³/mol. The van der Waals surface area contributed by atoms with E-state index in [9.17, 15) is 19.2 Å². The molecule has 1 aliphatic rings. The molecule has 0 radical (unpaired) electrons. The molecule has 0 aliphatic heterocycles. The summed E-state index contributed by atoms with van der Waals surface area (Å²) in [7, 11) is 1.42. The van der Waals surface area contributed by atoms with Gasteiger partial charge in [-0.25, -0.2) is 4.39 Å². The molecule has 0 spiro atoms. The first-order chi connectivity index (χ1) is 13.9. The van der Waals surface area contributed by atoms with Gasteiger partial charge in [0.1, 0.15) is 17.5 Å². The molecule has 1 fully saturated rings. The summed E-state index contributed by atoms with van der Waals surface area (Å²) in [5.74, 6) is -1.09. The van der Waals surface area contributed by atoms with E-state index in [0.29, 0.717) is 11.3 Å². The van der Waals surface area contributed by atoms with Crippen LogP contribution in [0.3, 0.4) is 0 Å². The summed E-state index contributed by atoms with van der Waals surface area (Å²) in [5, 5.41) is 11.7. The third kappa shape index (κ3) is 5.12. The summed E-state index contributed by atoms with van der Waals surface area (Å²) >= 11 is 5.69. The Bertz CT molecular complexity index is 1040. The molecular weight excluding hydrogens is 399 g/mol. The molecule has 1 aliphatic carbocycles. The van der Waals surface area contributed by atoms with Gasteiger partial charge >= 0.3 is 5.97 Å². The topological polar surface area (TPSA) is 88.4 Å². The molecular formula is C21H16ClFN2O4. The molecule has 148 valence electrons. The predicted octanol–water partition coefficient (Wildman–Crippen LogP) is 4.35. The minimum absolute atomic E-state index is 0.0619. The van der Waals surface area contributed by atoms with Gasteiger partial charge in [-0.3, -0.25) is 9.59 Å². The molecule has 0 saturated heterocycles. The second-order valence-corrected chi connectivity index (χ2v) is 6.77. The number of carbonyl (C=O) groups excluding carboxylic acids is 2. The number of ether oxygens (including phenoxy) is 2. The molecule has 1 saturated carbocycles. The summed E-state index contributed by atoms with van der Waals surface area (Å²) in [5.41, 5.74) is 0.564. The zero-order chi connectivity index (χ0) is 21.0. The third-order valence-electron chi connectivity index (χ3n) is 4.16. The molecule has 8 heteroatoms. The highest BCUT2D eigenvalue weighted by atomic mass is 35.5. The molecule has 1 amide bonds. The molecule has 0 unspecified atom stereocenters. The number of hydrogen-bond donors (Lipinski definition) is 1. The van der Waals surface area contributed by atoms with E-state index < -0.39 is 11.7 Å². The van der Waals surface area contributed by atoms with Gasteiger partial charge in [0.15, 0.2) is 11.5 Å². The molecule has 3 rings (SSSR count). The van der Waals surface area contributed by atoms with E-state index >= 15 is 0 Å². The van der Waals surface area contributed by atoms with E-state index in [1.165, 1.54) is 31.4 Å². The number of halogens is 2. The van der Waals surface area contributed by atoms with Crippen LogP contribution in [0.4, 0.5) is 10.1 Å². The number of esters is 1. The Morgan fingerprint density at radius 3 is 2.62 bits per heavy atom. The van der Waals surface area contributed by atoms with Crippen LogP contribution < -0.4 is 14.8 Å². The van der Waals surface area contributed by atoms with Gasteiger partial charge in [-0.2, -0.15) is 5.26 Å². The average Bonchev–Trinajstić information content (AvgIpc) is 3.55. The number of nitriles is 1. The lowest BCUT2D eigenvalue weighted by atomic mass is 10.1. The van der Waals surface area contributed by atoms with Crippen molar-refractivity contribution in [2.24, 2.45) is 5.92 Å². The van der Waals surface area contributed by atoms with Gasteiger partial charge in [-0.15, -0.1) is 0 Å². The highest BCUT2D eigenvalue weighted by Gasteiger charge is 2.32. The van der Waals surface area contributed by atoms with Crippen molar-refractivity contribution in [1.29, 1.82) is 5.26 Å². The number of nitrogens with one attached hydrogen (secondary N) is 1. The molecule has 2 aromatic carbocycles. The number of rotatable bonds is 6. The van der Waals surface area contributed by atoms with Crippen LogP contribution in [-0.2, 0) is 9.59 Å². The summed E-state index contributed by atoms with van der Waals surface area (Å²) in [4.78, 5) is 24.2. The van der Waals surface area contributed by atoms with Crippen molar-refractivity contribution in [3.63, 3.8) is 0 Å². The van der Waals surface area contributed by atoms with E-state index in [1.54, 1.807) is 12.1 Å². The van der Waals surface area contributed by atoms with Crippen LogP contribution >= 0.6 is 11.6 Å². The molecule has 0 bridgehead atoms. The van der Waals surface area contributed by atoms with Crippen molar-refractivity contribution in [1.82, 2.24) is 0 Å². The second-order valence-electron chi connectivity index (χ2n) is 6.36. The lowest BCUT2D eigenvalue weighted by molar-refractivity contribution is -0.135. The number of carbonyl (C=O) groups is 2. The third-order valence-corrected chi connectivity index (χ3v) is 4.45. The molecule has 1 N–H and O–H groups in total. The van der Waals surface area contributed by atoms with E-state index in [-0.39, 0.29) is 33.9 Å². The first-order valence-corrected chi connectivity index (χ1v) is 9.07. The fourth-order valence-electron chi connectivity index (χ4n) is 2.46. The Labute approximate surface area is 171 Å². The van der Waals surface area contributed by atoms with Gasteiger partial charge in [0.2, 0.25) is 0 Å². The van der Waals surface area contributed by atoms with Crippen LogP contribution in [0.5, 0.6) is 11.5 Å². The van der Waals surface area contributed by atoms with Crippen LogP contribution in [0.2, 0.25) is 5.02 Å². The van der Waals surface area contributed by atoms with Crippen molar-refractivity contribution < 1.29 is 23.5 Å². The standard InChI is InChI=1S/C21H16ClFN2O4/c1-28-19-9-12(2-7-18(19)29-21(27)13-3-4-13)8-14(11-24)20(26)25-15-5-6-17(23)16(22)10-15/h2,5-10,13H,3-4H2,1H3,(H,25,26)/b14-8+. The quantitative estimate of drug-likeness (QED) is 0.328. The van der Waals surface area contributed by atoms with Crippen molar-refractivity contribution in [2.75, 3.05) is 12.4 Å². The van der Waals surface area contributed by atoms with Crippen LogP contribution in [0.1, 0.15) is 18.4 Å². The highest BCUT2D eigenvalue weighted by Crippen LogP contribution is 2.34. The normalized spacial score (nSPS) is 13.4. The lowest BCUT2D eigenvalue weighted by Crippen LogP contribution is -2.13. The number of benzene rings is 2. The summed E-state index contributed by atoms with van der Waals surface area (Å²) in [6.07, 6.45) is 3.00. The second kappa shape index (κ2) is 8.76. The minimum atomic E-state index is -0.682. The van der Waals surface area contributed by atoms with Gasteiger partial charge in [0.05, 0.1) is 18.1 Å². The van der Waals surface area contributed by atoms with Gasteiger partial charge in [-0.05, 0) is 54.8 Å². The fraction of sp³-hybridized carbons (Fsp3) is 0.190. The van der Waals surface area contributed by atoms with Crippen LogP contribution in [0, 0.1) is 23.1 Å². The summed E-state index contributed by atoms with van der Waals surface area (Å²) < 4.78 is 23.8. The maximum Gasteiger partial charge on any atom is 0.314 e. The minimum Gasteiger partial charge on any atom is -0.493 e. The number of anilines is 1. The Kier molecular flexibility index (Phi) is 6.15. The van der Waals surface area contributed by atoms with Crippen LogP contribution in [0.15, 0.2) is 42.0 Å². The van der Waals surface area contributed by atoms with Crippen molar-refractivity contribution in [2.45, 2.75) is 12.8 Å².